The van der Waals surface area contributed by atoms with E-state index in [4.69, 9.17) is 9.26 Å². The Kier molecular flexibility index (Phi) is 4.46. The van der Waals surface area contributed by atoms with Crippen LogP contribution >= 0.6 is 0 Å². The summed E-state index contributed by atoms with van der Waals surface area (Å²) < 4.78 is 23.3. The molecule has 0 N–H and O–H groups in total. The van der Waals surface area contributed by atoms with Crippen LogP contribution in [0.15, 0.2) is 22.7 Å². The van der Waals surface area contributed by atoms with Gasteiger partial charge in [-0.25, -0.2) is 4.39 Å². The molecule has 7 nitrogen and oxygen atoms in total. The molecule has 0 unspecified atom stereocenters. The molecule has 0 atom stereocenters. The molecule has 21 heavy (non-hydrogen) atoms. The van der Waals surface area contributed by atoms with Crippen LogP contribution in [0.5, 0.6) is 5.75 Å². The van der Waals surface area contributed by atoms with E-state index < -0.39 is 10.7 Å². The van der Waals surface area contributed by atoms with Gasteiger partial charge in [0.25, 0.3) is 5.89 Å². The highest BCUT2D eigenvalue weighted by atomic mass is 19.1. The van der Waals surface area contributed by atoms with Crippen LogP contribution in [-0.4, -0.2) is 15.1 Å². The molecule has 0 saturated carbocycles. The number of ether oxygens (including phenoxy) is 1. The summed E-state index contributed by atoms with van der Waals surface area (Å²) in [5, 5.41) is 14.6. The topological polar surface area (TPSA) is 91.3 Å². The Morgan fingerprint density at radius 3 is 2.90 bits per heavy atom. The molecule has 0 aliphatic rings. The molecule has 112 valence electrons. The molecule has 0 radical (unpaired) electrons. The number of nitro benzene ring substituents is 1. The summed E-state index contributed by atoms with van der Waals surface area (Å²) in [6, 6.07) is 2.99. The van der Waals surface area contributed by atoms with Crippen molar-refractivity contribution in [3.63, 3.8) is 0 Å². The van der Waals surface area contributed by atoms with Crippen molar-refractivity contribution in [1.82, 2.24) is 10.1 Å². The number of hydrogen-bond acceptors (Lipinski definition) is 6. The van der Waals surface area contributed by atoms with Gasteiger partial charge < -0.3 is 9.26 Å². The minimum Gasteiger partial charge on any atom is -0.477 e. The van der Waals surface area contributed by atoms with Gasteiger partial charge in [-0.15, -0.1) is 0 Å². The molecule has 1 aromatic heterocycles. The first-order valence-corrected chi connectivity index (χ1v) is 6.34. The summed E-state index contributed by atoms with van der Waals surface area (Å²) in [7, 11) is 0. The predicted molar refractivity (Wildman–Crippen MR) is 70.2 cm³/mol. The molecule has 0 aliphatic carbocycles. The maximum atomic E-state index is 13.1. The molecular weight excluding hydrogens is 281 g/mol. The van der Waals surface area contributed by atoms with Gasteiger partial charge in [0, 0.05) is 18.6 Å². The third-order valence-electron chi connectivity index (χ3n) is 2.57. The number of aromatic nitrogens is 2. The zero-order valence-corrected chi connectivity index (χ0v) is 11.6. The summed E-state index contributed by atoms with van der Waals surface area (Å²) in [5.41, 5.74) is -0.321. The first-order chi connectivity index (χ1) is 9.95. The SMILES string of the molecule is CC(C)Cc1noc(COc2cc(F)ccc2[N+](=O)[O-])n1. The molecule has 8 heteroatoms. The van der Waals surface area contributed by atoms with E-state index in [1.54, 1.807) is 0 Å². The zero-order chi connectivity index (χ0) is 15.4. The van der Waals surface area contributed by atoms with Gasteiger partial charge in [0.15, 0.2) is 12.4 Å². The van der Waals surface area contributed by atoms with Crippen LogP contribution < -0.4 is 4.74 Å². The lowest BCUT2D eigenvalue weighted by Gasteiger charge is -2.03. The standard InChI is InChI=1S/C13H14FN3O4/c1-8(2)5-12-15-13(21-16-12)7-20-11-6-9(14)3-4-10(11)17(18)19/h3-4,6,8H,5,7H2,1-2H3. The van der Waals surface area contributed by atoms with Crippen LogP contribution in [0.25, 0.3) is 0 Å². The molecule has 2 aromatic rings. The van der Waals surface area contributed by atoms with Crippen molar-refractivity contribution in [3.8, 4) is 5.75 Å². The van der Waals surface area contributed by atoms with Gasteiger partial charge in [-0.1, -0.05) is 19.0 Å². The number of nitrogens with zero attached hydrogens (tertiary/aromatic N) is 3. The third-order valence-corrected chi connectivity index (χ3v) is 2.57. The summed E-state index contributed by atoms with van der Waals surface area (Å²) in [5.74, 6) is 0.299. The van der Waals surface area contributed by atoms with Gasteiger partial charge in [0.1, 0.15) is 5.82 Å². The second kappa shape index (κ2) is 6.29. The maximum absolute atomic E-state index is 13.1. The first kappa shape index (κ1) is 14.9. The highest BCUT2D eigenvalue weighted by Gasteiger charge is 2.17. The van der Waals surface area contributed by atoms with Gasteiger partial charge in [0.2, 0.25) is 5.75 Å². The van der Waals surface area contributed by atoms with Crippen LogP contribution in [-0.2, 0) is 13.0 Å². The number of hydrogen-bond donors (Lipinski definition) is 0. The molecule has 1 aromatic carbocycles. The van der Waals surface area contributed by atoms with Crippen LogP contribution in [0.1, 0.15) is 25.6 Å². The zero-order valence-electron chi connectivity index (χ0n) is 11.6. The van der Waals surface area contributed by atoms with Crippen LogP contribution in [0.2, 0.25) is 0 Å². The molecule has 0 bridgehead atoms. The Hall–Kier alpha value is -2.51. The monoisotopic (exact) mass is 295 g/mol. The van der Waals surface area contributed by atoms with Gasteiger partial charge in [-0.3, -0.25) is 10.1 Å². The summed E-state index contributed by atoms with van der Waals surface area (Å²) in [6.07, 6.45) is 0.656. The van der Waals surface area contributed by atoms with Crippen LogP contribution in [0.4, 0.5) is 10.1 Å². The fourth-order valence-corrected chi connectivity index (χ4v) is 1.69. The average molecular weight is 295 g/mol. The summed E-state index contributed by atoms with van der Waals surface area (Å²) >= 11 is 0. The lowest BCUT2D eigenvalue weighted by atomic mass is 10.1. The maximum Gasteiger partial charge on any atom is 0.311 e. The number of benzene rings is 1. The van der Waals surface area contributed by atoms with Crippen LogP contribution in [0, 0.1) is 21.8 Å². The fourth-order valence-electron chi connectivity index (χ4n) is 1.69. The summed E-state index contributed by atoms with van der Waals surface area (Å²) in [4.78, 5) is 14.3. The normalized spacial score (nSPS) is 10.9. The summed E-state index contributed by atoms with van der Waals surface area (Å²) in [6.45, 7) is 3.88. The molecule has 0 saturated heterocycles. The van der Waals surface area contributed by atoms with Crippen LogP contribution in [0.3, 0.4) is 0 Å². The van der Waals surface area contributed by atoms with Crippen molar-refractivity contribution in [2.75, 3.05) is 0 Å². The Bertz CT molecular complexity index is 642. The van der Waals surface area contributed by atoms with Crippen molar-refractivity contribution in [3.05, 3.63) is 45.8 Å². The molecule has 2 rings (SSSR count). The van der Waals surface area contributed by atoms with E-state index in [2.05, 4.69) is 10.1 Å². The van der Waals surface area contributed by atoms with Gasteiger partial charge in [-0.05, 0) is 12.0 Å². The average Bonchev–Trinajstić information content (AvgIpc) is 2.82. The second-order valence-electron chi connectivity index (χ2n) is 4.86. The van der Waals surface area contributed by atoms with Gasteiger partial charge in [0.05, 0.1) is 4.92 Å². The first-order valence-electron chi connectivity index (χ1n) is 6.34. The van der Waals surface area contributed by atoms with E-state index in [0.29, 0.717) is 18.2 Å². The quantitative estimate of drug-likeness (QED) is 0.601. The minimum atomic E-state index is -0.646. The van der Waals surface area contributed by atoms with Gasteiger partial charge >= 0.3 is 5.69 Å². The highest BCUT2D eigenvalue weighted by Crippen LogP contribution is 2.28. The van der Waals surface area contributed by atoms with Crippen molar-refractivity contribution < 1.29 is 18.6 Å². The minimum absolute atomic E-state index is 0.157. The predicted octanol–water partition coefficient (Wildman–Crippen LogP) is 2.89. The van der Waals surface area contributed by atoms with E-state index in [1.165, 1.54) is 0 Å². The smallest absolute Gasteiger partial charge is 0.311 e. The van der Waals surface area contributed by atoms with Crippen molar-refractivity contribution >= 4 is 5.69 Å². The number of rotatable bonds is 6. The highest BCUT2D eigenvalue weighted by molar-refractivity contribution is 5.46. The van der Waals surface area contributed by atoms with E-state index in [0.717, 1.165) is 18.2 Å². The van der Waals surface area contributed by atoms with E-state index >= 15 is 0 Å². The van der Waals surface area contributed by atoms with E-state index in [-0.39, 0.29) is 23.9 Å². The molecule has 0 aliphatic heterocycles. The lowest BCUT2D eigenvalue weighted by molar-refractivity contribution is -0.386. The Balaban J connectivity index is 2.07. The molecule has 1 heterocycles. The number of nitro groups is 1. The lowest BCUT2D eigenvalue weighted by Crippen LogP contribution is -2.01. The largest absolute Gasteiger partial charge is 0.477 e. The van der Waals surface area contributed by atoms with Crippen molar-refractivity contribution in [1.29, 1.82) is 0 Å². The Labute approximate surface area is 119 Å². The molecule has 0 amide bonds. The Morgan fingerprint density at radius 1 is 1.48 bits per heavy atom. The van der Waals surface area contributed by atoms with Gasteiger partial charge in [-0.2, -0.15) is 4.98 Å². The third kappa shape index (κ3) is 3.98. The van der Waals surface area contributed by atoms with E-state index in [9.17, 15) is 14.5 Å². The number of halogens is 1. The Morgan fingerprint density at radius 2 is 2.24 bits per heavy atom. The van der Waals surface area contributed by atoms with Crippen molar-refractivity contribution in [2.24, 2.45) is 5.92 Å². The van der Waals surface area contributed by atoms with E-state index in [1.807, 2.05) is 13.8 Å². The second-order valence-corrected chi connectivity index (χ2v) is 4.86. The van der Waals surface area contributed by atoms with Crippen molar-refractivity contribution in [2.45, 2.75) is 26.9 Å². The molecule has 0 spiro atoms. The fraction of sp³-hybridized carbons (Fsp3) is 0.385. The molecular formula is C13H14FN3O4. The molecule has 0 fully saturated rings.